The third kappa shape index (κ3) is 4.02. The molecule has 0 bridgehead atoms. The second-order valence-electron chi connectivity index (χ2n) is 8.16. The van der Waals surface area contributed by atoms with Crippen LogP contribution < -0.4 is 0 Å². The SMILES string of the molecule is O=C(O)CCCCc1cccc(-c2cccc(-c3cccc4c3oc3ccccc34)c2)c1. The van der Waals surface area contributed by atoms with E-state index in [4.69, 9.17) is 9.52 Å². The summed E-state index contributed by atoms with van der Waals surface area (Å²) >= 11 is 0. The lowest BCUT2D eigenvalue weighted by molar-refractivity contribution is -0.137. The molecular formula is C29H24O3. The van der Waals surface area contributed by atoms with E-state index < -0.39 is 5.97 Å². The molecule has 1 heterocycles. The first-order chi connectivity index (χ1) is 15.7. The van der Waals surface area contributed by atoms with Gasteiger partial charge >= 0.3 is 5.97 Å². The smallest absolute Gasteiger partial charge is 0.303 e. The highest BCUT2D eigenvalue weighted by Gasteiger charge is 2.12. The number of carboxylic acid groups (broad SMARTS) is 1. The Bertz CT molecular complexity index is 1410. The topological polar surface area (TPSA) is 50.4 Å². The third-order valence-electron chi connectivity index (χ3n) is 5.94. The minimum Gasteiger partial charge on any atom is -0.481 e. The fourth-order valence-electron chi connectivity index (χ4n) is 4.35. The van der Waals surface area contributed by atoms with Gasteiger partial charge in [0.25, 0.3) is 0 Å². The lowest BCUT2D eigenvalue weighted by atomic mass is 9.96. The predicted molar refractivity (Wildman–Crippen MR) is 130 cm³/mol. The Labute approximate surface area is 186 Å². The zero-order valence-corrected chi connectivity index (χ0v) is 17.8. The molecule has 1 aromatic heterocycles. The number of furan rings is 1. The number of fused-ring (bicyclic) bond motifs is 3. The van der Waals surface area contributed by atoms with Crippen LogP contribution in [0.4, 0.5) is 0 Å². The van der Waals surface area contributed by atoms with Crippen molar-refractivity contribution in [3.63, 3.8) is 0 Å². The van der Waals surface area contributed by atoms with Gasteiger partial charge in [0.2, 0.25) is 0 Å². The van der Waals surface area contributed by atoms with Crippen LogP contribution in [0.2, 0.25) is 0 Å². The lowest BCUT2D eigenvalue weighted by Crippen LogP contribution is -1.95. The van der Waals surface area contributed by atoms with Gasteiger partial charge in [-0.2, -0.15) is 0 Å². The van der Waals surface area contributed by atoms with Crippen molar-refractivity contribution in [3.8, 4) is 22.3 Å². The van der Waals surface area contributed by atoms with Gasteiger partial charge in [-0.15, -0.1) is 0 Å². The van der Waals surface area contributed by atoms with Crippen LogP contribution in [0.5, 0.6) is 0 Å². The van der Waals surface area contributed by atoms with Crippen LogP contribution in [0.3, 0.4) is 0 Å². The minimum atomic E-state index is -0.727. The average molecular weight is 421 g/mol. The fourth-order valence-corrected chi connectivity index (χ4v) is 4.35. The van der Waals surface area contributed by atoms with Crippen LogP contribution in [0.1, 0.15) is 24.8 Å². The number of unbranched alkanes of at least 4 members (excludes halogenated alkanes) is 1. The molecule has 0 amide bonds. The number of benzene rings is 4. The molecule has 3 nitrogen and oxygen atoms in total. The molecule has 0 aliphatic carbocycles. The molecular weight excluding hydrogens is 396 g/mol. The first-order valence-corrected chi connectivity index (χ1v) is 11.0. The van der Waals surface area contributed by atoms with Crippen LogP contribution in [0, 0.1) is 0 Å². The fraction of sp³-hybridized carbons (Fsp3) is 0.138. The van der Waals surface area contributed by atoms with E-state index in [0.29, 0.717) is 6.42 Å². The van der Waals surface area contributed by atoms with E-state index >= 15 is 0 Å². The van der Waals surface area contributed by atoms with Crippen molar-refractivity contribution < 1.29 is 14.3 Å². The molecule has 0 saturated carbocycles. The van der Waals surface area contributed by atoms with E-state index in [9.17, 15) is 4.79 Å². The van der Waals surface area contributed by atoms with Crippen LogP contribution in [-0.2, 0) is 11.2 Å². The van der Waals surface area contributed by atoms with Gasteiger partial charge in [0.1, 0.15) is 11.2 Å². The zero-order chi connectivity index (χ0) is 21.9. The number of carboxylic acids is 1. The van der Waals surface area contributed by atoms with Gasteiger partial charge in [0.05, 0.1) is 0 Å². The first-order valence-electron chi connectivity index (χ1n) is 11.0. The molecule has 158 valence electrons. The summed E-state index contributed by atoms with van der Waals surface area (Å²) in [4.78, 5) is 10.7. The number of hydrogen-bond acceptors (Lipinski definition) is 2. The highest BCUT2D eigenvalue weighted by atomic mass is 16.4. The number of rotatable bonds is 7. The summed E-state index contributed by atoms with van der Waals surface area (Å²) in [5.74, 6) is -0.727. The molecule has 0 saturated heterocycles. The standard InChI is InChI=1S/C29H24O3/c30-28(31)17-4-1-8-20-9-5-10-21(18-20)22-11-6-12-23(19-22)24-14-7-15-26-25-13-2-3-16-27(25)32-29(24)26/h2-3,5-7,9-16,18-19H,1,4,8,17H2,(H,30,31). The molecule has 1 N–H and O–H groups in total. The van der Waals surface area contributed by atoms with Gasteiger partial charge in [-0.25, -0.2) is 0 Å². The summed E-state index contributed by atoms with van der Waals surface area (Å²) < 4.78 is 6.23. The Morgan fingerprint density at radius 3 is 2.31 bits per heavy atom. The molecule has 5 aromatic rings. The second-order valence-corrected chi connectivity index (χ2v) is 8.16. The summed E-state index contributed by atoms with van der Waals surface area (Å²) in [6.45, 7) is 0. The lowest BCUT2D eigenvalue weighted by Gasteiger charge is -2.09. The monoisotopic (exact) mass is 420 g/mol. The van der Waals surface area contributed by atoms with Crippen molar-refractivity contribution in [2.24, 2.45) is 0 Å². The van der Waals surface area contributed by atoms with Crippen LogP contribution >= 0.6 is 0 Å². The van der Waals surface area contributed by atoms with Crippen molar-refractivity contribution in [2.75, 3.05) is 0 Å². The maximum atomic E-state index is 10.7. The van der Waals surface area contributed by atoms with Gasteiger partial charge in [0.15, 0.2) is 0 Å². The number of aryl methyl sites for hydroxylation is 1. The van der Waals surface area contributed by atoms with E-state index in [1.165, 1.54) is 11.1 Å². The van der Waals surface area contributed by atoms with Crippen molar-refractivity contribution in [1.82, 2.24) is 0 Å². The minimum absolute atomic E-state index is 0.231. The Morgan fingerprint density at radius 2 is 1.44 bits per heavy atom. The number of hydrogen-bond donors (Lipinski definition) is 1. The molecule has 32 heavy (non-hydrogen) atoms. The summed E-state index contributed by atoms with van der Waals surface area (Å²) in [5.41, 5.74) is 7.59. The van der Waals surface area contributed by atoms with E-state index in [-0.39, 0.29) is 6.42 Å². The number of carbonyl (C=O) groups is 1. The van der Waals surface area contributed by atoms with Crippen molar-refractivity contribution in [3.05, 3.63) is 96.6 Å². The maximum Gasteiger partial charge on any atom is 0.303 e. The van der Waals surface area contributed by atoms with Crippen molar-refractivity contribution in [2.45, 2.75) is 25.7 Å². The van der Waals surface area contributed by atoms with E-state index in [1.54, 1.807) is 0 Å². The van der Waals surface area contributed by atoms with Gasteiger partial charge in [-0.1, -0.05) is 78.9 Å². The molecule has 0 spiro atoms. The van der Waals surface area contributed by atoms with E-state index in [2.05, 4.69) is 72.8 Å². The predicted octanol–water partition coefficient (Wildman–Crippen LogP) is 7.72. The molecule has 0 aliphatic heterocycles. The largest absolute Gasteiger partial charge is 0.481 e. The van der Waals surface area contributed by atoms with Crippen LogP contribution in [0.25, 0.3) is 44.2 Å². The second kappa shape index (κ2) is 8.72. The van der Waals surface area contributed by atoms with Gasteiger partial charge in [0, 0.05) is 22.8 Å². The zero-order valence-electron chi connectivity index (χ0n) is 17.8. The molecule has 0 atom stereocenters. The number of para-hydroxylation sites is 2. The van der Waals surface area contributed by atoms with Crippen molar-refractivity contribution >= 4 is 27.9 Å². The highest BCUT2D eigenvalue weighted by molar-refractivity contribution is 6.09. The Kier molecular flexibility index (Phi) is 5.47. The molecule has 0 radical (unpaired) electrons. The molecule has 0 unspecified atom stereocenters. The summed E-state index contributed by atoms with van der Waals surface area (Å²) in [6, 6.07) is 31.6. The van der Waals surface area contributed by atoms with E-state index in [0.717, 1.165) is 51.5 Å². The maximum absolute atomic E-state index is 10.7. The Hall–Kier alpha value is -3.85. The van der Waals surface area contributed by atoms with Gasteiger partial charge < -0.3 is 9.52 Å². The molecule has 5 rings (SSSR count). The van der Waals surface area contributed by atoms with Gasteiger partial charge in [-0.05, 0) is 53.6 Å². The number of aliphatic carboxylic acids is 1. The molecule has 0 aliphatic rings. The summed E-state index contributed by atoms with van der Waals surface area (Å²) in [6.07, 6.45) is 2.70. The first kappa shape index (κ1) is 20.1. The normalized spacial score (nSPS) is 11.2. The van der Waals surface area contributed by atoms with Crippen LogP contribution in [0.15, 0.2) is 95.4 Å². The van der Waals surface area contributed by atoms with Crippen LogP contribution in [-0.4, -0.2) is 11.1 Å². The summed E-state index contributed by atoms with van der Waals surface area (Å²) in [7, 11) is 0. The quantitative estimate of drug-likeness (QED) is 0.274. The van der Waals surface area contributed by atoms with Gasteiger partial charge in [-0.3, -0.25) is 4.79 Å². The molecule has 4 aromatic carbocycles. The molecule has 3 heteroatoms. The average Bonchev–Trinajstić information content (AvgIpc) is 3.21. The van der Waals surface area contributed by atoms with E-state index in [1.807, 2.05) is 18.2 Å². The summed E-state index contributed by atoms with van der Waals surface area (Å²) in [5, 5.41) is 11.1. The Balaban J connectivity index is 1.47. The molecule has 0 fully saturated rings. The highest BCUT2D eigenvalue weighted by Crippen LogP contribution is 2.36. The van der Waals surface area contributed by atoms with Crippen molar-refractivity contribution in [1.29, 1.82) is 0 Å². The third-order valence-corrected chi connectivity index (χ3v) is 5.94. The Morgan fingerprint density at radius 1 is 0.719 bits per heavy atom.